The summed E-state index contributed by atoms with van der Waals surface area (Å²) in [7, 11) is 0. The van der Waals surface area contributed by atoms with E-state index in [4.69, 9.17) is 0 Å². The highest BCUT2D eigenvalue weighted by Gasteiger charge is 2.02. The number of benzene rings is 1. The zero-order valence-electron chi connectivity index (χ0n) is 11.4. The molecule has 6 heteroatoms. The van der Waals surface area contributed by atoms with Crippen molar-refractivity contribution in [1.29, 1.82) is 0 Å². The fraction of sp³-hybridized carbons (Fsp3) is 0.214. The minimum absolute atomic E-state index is 0.0727. The molecule has 1 amide bonds. The van der Waals surface area contributed by atoms with Crippen molar-refractivity contribution in [1.82, 2.24) is 9.97 Å². The average Bonchev–Trinajstić information content (AvgIpc) is 2.41. The van der Waals surface area contributed by atoms with Crippen LogP contribution >= 0.6 is 11.8 Å². The molecule has 2 rings (SSSR count). The zero-order valence-corrected chi connectivity index (χ0v) is 12.2. The third-order valence-electron chi connectivity index (χ3n) is 2.36. The number of carbonyl (C=O) groups excluding carboxylic acids is 1. The van der Waals surface area contributed by atoms with Crippen LogP contribution in [-0.2, 0) is 4.79 Å². The van der Waals surface area contributed by atoms with Gasteiger partial charge >= 0.3 is 0 Å². The molecule has 0 spiro atoms. The highest BCUT2D eigenvalue weighted by Crippen LogP contribution is 2.27. The molecule has 1 aromatic heterocycles. The van der Waals surface area contributed by atoms with Gasteiger partial charge < -0.3 is 10.6 Å². The second-order valence-electron chi connectivity index (χ2n) is 4.06. The molecule has 0 saturated carbocycles. The minimum atomic E-state index is -0.0727. The fourth-order valence-corrected chi connectivity index (χ4v) is 2.35. The Labute approximate surface area is 122 Å². The van der Waals surface area contributed by atoms with Crippen LogP contribution in [0.4, 0.5) is 11.6 Å². The predicted octanol–water partition coefficient (Wildman–Crippen LogP) is 3.02. The van der Waals surface area contributed by atoms with Crippen LogP contribution in [0.1, 0.15) is 13.8 Å². The third-order valence-corrected chi connectivity index (χ3v) is 3.31. The summed E-state index contributed by atoms with van der Waals surface area (Å²) in [6.07, 6.45) is 1.74. The van der Waals surface area contributed by atoms with Crippen LogP contribution < -0.4 is 10.6 Å². The topological polar surface area (TPSA) is 66.9 Å². The number of hydrogen-bond acceptors (Lipinski definition) is 5. The first kappa shape index (κ1) is 14.3. The molecule has 2 aromatic rings. The quantitative estimate of drug-likeness (QED) is 0.828. The van der Waals surface area contributed by atoms with Crippen LogP contribution in [0.5, 0.6) is 0 Å². The van der Waals surface area contributed by atoms with E-state index in [1.807, 2.05) is 37.3 Å². The smallest absolute Gasteiger partial charge is 0.223 e. The summed E-state index contributed by atoms with van der Waals surface area (Å²) in [5.41, 5.74) is 0.790. The van der Waals surface area contributed by atoms with Crippen molar-refractivity contribution in [2.45, 2.75) is 23.8 Å². The van der Waals surface area contributed by atoms with Gasteiger partial charge in [0.25, 0.3) is 0 Å². The van der Waals surface area contributed by atoms with E-state index in [2.05, 4.69) is 20.6 Å². The number of amides is 1. The SMILES string of the molecule is CCNc1nccc(Sc2ccc(NC(C)=O)cc2)n1. The Bertz CT molecular complexity index is 586. The Morgan fingerprint density at radius 2 is 2.00 bits per heavy atom. The van der Waals surface area contributed by atoms with Gasteiger partial charge in [-0.15, -0.1) is 0 Å². The lowest BCUT2D eigenvalue weighted by Gasteiger charge is -2.05. The molecule has 0 atom stereocenters. The first-order chi connectivity index (χ1) is 9.67. The lowest BCUT2D eigenvalue weighted by molar-refractivity contribution is -0.114. The van der Waals surface area contributed by atoms with Gasteiger partial charge in [0.05, 0.1) is 0 Å². The first-order valence-electron chi connectivity index (χ1n) is 6.30. The van der Waals surface area contributed by atoms with Crippen LogP contribution in [0.2, 0.25) is 0 Å². The maximum atomic E-state index is 10.9. The van der Waals surface area contributed by atoms with Gasteiger partial charge in [-0.25, -0.2) is 9.97 Å². The second kappa shape index (κ2) is 6.91. The van der Waals surface area contributed by atoms with Crippen molar-refractivity contribution < 1.29 is 4.79 Å². The predicted molar refractivity (Wildman–Crippen MR) is 81.1 cm³/mol. The van der Waals surface area contributed by atoms with Crippen molar-refractivity contribution in [2.24, 2.45) is 0 Å². The van der Waals surface area contributed by atoms with Crippen molar-refractivity contribution in [2.75, 3.05) is 17.2 Å². The molecule has 0 aliphatic heterocycles. The Morgan fingerprint density at radius 3 is 2.65 bits per heavy atom. The van der Waals surface area contributed by atoms with Gasteiger partial charge in [0.2, 0.25) is 11.9 Å². The summed E-state index contributed by atoms with van der Waals surface area (Å²) in [5.74, 6) is 0.559. The van der Waals surface area contributed by atoms with E-state index >= 15 is 0 Å². The standard InChI is InChI=1S/C14H16N4OS/c1-3-15-14-16-9-8-13(18-14)20-12-6-4-11(5-7-12)17-10(2)19/h4-9H,3H2,1-2H3,(H,17,19)(H,15,16,18). The number of rotatable bonds is 5. The molecule has 1 aromatic carbocycles. The lowest BCUT2D eigenvalue weighted by Crippen LogP contribution is -2.05. The highest BCUT2D eigenvalue weighted by atomic mass is 32.2. The van der Waals surface area contributed by atoms with E-state index in [1.165, 1.54) is 6.92 Å². The second-order valence-corrected chi connectivity index (χ2v) is 5.15. The van der Waals surface area contributed by atoms with Crippen molar-refractivity contribution in [3.8, 4) is 0 Å². The molecular weight excluding hydrogens is 272 g/mol. The molecule has 0 unspecified atom stereocenters. The molecular formula is C14H16N4OS. The molecule has 0 radical (unpaired) electrons. The maximum Gasteiger partial charge on any atom is 0.223 e. The normalized spacial score (nSPS) is 10.1. The van der Waals surface area contributed by atoms with Crippen LogP contribution in [0, 0.1) is 0 Å². The Morgan fingerprint density at radius 1 is 1.25 bits per heavy atom. The number of carbonyl (C=O) groups is 1. The summed E-state index contributed by atoms with van der Waals surface area (Å²) in [5, 5.41) is 6.70. The third kappa shape index (κ3) is 4.24. The average molecular weight is 288 g/mol. The fourth-order valence-electron chi connectivity index (χ4n) is 1.57. The van der Waals surface area contributed by atoms with Gasteiger partial charge in [0, 0.05) is 30.2 Å². The van der Waals surface area contributed by atoms with Crippen molar-refractivity contribution in [3.05, 3.63) is 36.5 Å². The van der Waals surface area contributed by atoms with E-state index in [1.54, 1.807) is 18.0 Å². The summed E-state index contributed by atoms with van der Waals surface area (Å²) in [4.78, 5) is 20.5. The summed E-state index contributed by atoms with van der Waals surface area (Å²) >= 11 is 1.55. The van der Waals surface area contributed by atoms with Crippen LogP contribution in [0.25, 0.3) is 0 Å². The van der Waals surface area contributed by atoms with E-state index in [-0.39, 0.29) is 5.91 Å². The summed E-state index contributed by atoms with van der Waals surface area (Å²) in [6.45, 7) is 4.29. The van der Waals surface area contributed by atoms with Gasteiger partial charge in [0.15, 0.2) is 0 Å². The zero-order chi connectivity index (χ0) is 14.4. The molecule has 0 saturated heterocycles. The van der Waals surface area contributed by atoms with E-state index < -0.39 is 0 Å². The van der Waals surface area contributed by atoms with Crippen LogP contribution in [-0.4, -0.2) is 22.4 Å². The highest BCUT2D eigenvalue weighted by molar-refractivity contribution is 7.99. The van der Waals surface area contributed by atoms with E-state index in [0.717, 1.165) is 22.2 Å². The maximum absolute atomic E-state index is 10.9. The summed E-state index contributed by atoms with van der Waals surface area (Å²) in [6, 6.07) is 9.51. The Hall–Kier alpha value is -2.08. The van der Waals surface area contributed by atoms with Gasteiger partial charge in [-0.1, -0.05) is 11.8 Å². The van der Waals surface area contributed by atoms with Gasteiger partial charge in [-0.3, -0.25) is 4.79 Å². The molecule has 0 bridgehead atoms. The monoisotopic (exact) mass is 288 g/mol. The number of nitrogens with one attached hydrogen (secondary N) is 2. The van der Waals surface area contributed by atoms with Crippen molar-refractivity contribution >= 4 is 29.3 Å². The summed E-state index contributed by atoms with van der Waals surface area (Å²) < 4.78 is 0. The molecule has 0 fully saturated rings. The molecule has 20 heavy (non-hydrogen) atoms. The molecule has 0 aliphatic carbocycles. The molecule has 1 heterocycles. The number of anilines is 2. The first-order valence-corrected chi connectivity index (χ1v) is 7.11. The molecule has 2 N–H and O–H groups in total. The minimum Gasteiger partial charge on any atom is -0.354 e. The Balaban J connectivity index is 2.05. The number of aromatic nitrogens is 2. The van der Waals surface area contributed by atoms with Gasteiger partial charge in [0.1, 0.15) is 5.03 Å². The number of hydrogen-bond donors (Lipinski definition) is 2. The lowest BCUT2D eigenvalue weighted by atomic mass is 10.3. The van der Waals surface area contributed by atoms with E-state index in [0.29, 0.717) is 5.95 Å². The molecule has 5 nitrogen and oxygen atoms in total. The van der Waals surface area contributed by atoms with Gasteiger partial charge in [-0.05, 0) is 37.3 Å². The largest absolute Gasteiger partial charge is 0.354 e. The van der Waals surface area contributed by atoms with Crippen molar-refractivity contribution in [3.63, 3.8) is 0 Å². The van der Waals surface area contributed by atoms with Crippen LogP contribution in [0.15, 0.2) is 46.5 Å². The van der Waals surface area contributed by atoms with Gasteiger partial charge in [-0.2, -0.15) is 0 Å². The van der Waals surface area contributed by atoms with Crippen LogP contribution in [0.3, 0.4) is 0 Å². The molecule has 0 aliphatic rings. The Kier molecular flexibility index (Phi) is 4.95. The van der Waals surface area contributed by atoms with E-state index in [9.17, 15) is 4.79 Å². The number of nitrogens with zero attached hydrogens (tertiary/aromatic N) is 2. The molecule has 104 valence electrons.